The highest BCUT2D eigenvalue weighted by Gasteiger charge is 2.22. The fourth-order valence-electron chi connectivity index (χ4n) is 9.84. The average molecular weight is 934 g/mol. The van der Waals surface area contributed by atoms with Crippen molar-refractivity contribution in [1.82, 2.24) is 14.5 Å². The predicted molar refractivity (Wildman–Crippen MR) is 297 cm³/mol. The number of rotatable bonds is 11. The van der Waals surface area contributed by atoms with Crippen LogP contribution in [0.1, 0.15) is 11.1 Å². The van der Waals surface area contributed by atoms with E-state index in [1.807, 2.05) is 109 Å². The summed E-state index contributed by atoms with van der Waals surface area (Å²) in [4.78, 5) is 14.5. The van der Waals surface area contributed by atoms with Crippen LogP contribution < -0.4 is 9.80 Å². The van der Waals surface area contributed by atoms with Gasteiger partial charge in [0.05, 0.1) is 45.7 Å². The maximum atomic E-state index is 10.8. The Kier molecular flexibility index (Phi) is 11.6. The third kappa shape index (κ3) is 8.40. The molecule has 2 heterocycles. The summed E-state index contributed by atoms with van der Waals surface area (Å²) in [5.74, 6) is 0.533. The summed E-state index contributed by atoms with van der Waals surface area (Å²) >= 11 is 0. The molecule has 0 unspecified atom stereocenters. The summed E-state index contributed by atoms with van der Waals surface area (Å²) in [6, 6.07) is 93.7. The molecule has 0 aliphatic heterocycles. The molecule has 10 aromatic carbocycles. The summed E-state index contributed by atoms with van der Waals surface area (Å²) < 4.78 is 2.31. The van der Waals surface area contributed by atoms with Gasteiger partial charge in [-0.3, -0.25) is 0 Å². The Hall–Kier alpha value is -10.3. The molecule has 0 N–H and O–H groups in total. The Morgan fingerprint density at radius 2 is 0.726 bits per heavy atom. The van der Waals surface area contributed by atoms with Crippen LogP contribution in [0, 0.1) is 22.7 Å². The molecule has 0 aliphatic rings. The highest BCUT2D eigenvalue weighted by Crippen LogP contribution is 2.43. The number of aromatic nitrogens is 3. The third-order valence-electron chi connectivity index (χ3n) is 13.2. The SMILES string of the molecule is N#Cc1cc(-c2cc(-c3ccccc3)nc(-c3ccccc3)n2)c(C#N)cc1-c1ccc(-n2c3ccc(N(c4ccccc4)c4ccccc4)cc3c3cc(N(c4ccccc4)c4ccccc4)ccc32)cc1. The van der Waals surface area contributed by atoms with E-state index in [0.29, 0.717) is 33.8 Å². The van der Waals surface area contributed by atoms with Crippen LogP contribution in [0.2, 0.25) is 0 Å². The minimum atomic E-state index is 0.406. The molecule has 0 spiro atoms. The second kappa shape index (κ2) is 19.2. The smallest absolute Gasteiger partial charge is 0.160 e. The van der Waals surface area contributed by atoms with Gasteiger partial charge in [-0.1, -0.05) is 146 Å². The first-order valence-corrected chi connectivity index (χ1v) is 24.1. The van der Waals surface area contributed by atoms with Crippen molar-refractivity contribution in [2.75, 3.05) is 9.80 Å². The first-order chi connectivity index (χ1) is 36.1. The molecule has 2 aromatic heterocycles. The van der Waals surface area contributed by atoms with Gasteiger partial charge in [0.25, 0.3) is 0 Å². The summed E-state index contributed by atoms with van der Waals surface area (Å²) in [7, 11) is 0. The number of nitriles is 2. The van der Waals surface area contributed by atoms with Crippen LogP contribution in [-0.4, -0.2) is 14.5 Å². The van der Waals surface area contributed by atoms with Gasteiger partial charge in [-0.15, -0.1) is 0 Å². The normalized spacial score (nSPS) is 11.0. The van der Waals surface area contributed by atoms with Gasteiger partial charge in [0.1, 0.15) is 0 Å². The Morgan fingerprint density at radius 3 is 1.18 bits per heavy atom. The maximum Gasteiger partial charge on any atom is 0.160 e. The minimum absolute atomic E-state index is 0.406. The second-order valence-electron chi connectivity index (χ2n) is 17.7. The van der Waals surface area contributed by atoms with Crippen LogP contribution in [0.3, 0.4) is 0 Å². The van der Waals surface area contributed by atoms with Gasteiger partial charge in [-0.2, -0.15) is 10.5 Å². The maximum absolute atomic E-state index is 10.8. The monoisotopic (exact) mass is 933 g/mol. The molecule has 7 nitrogen and oxygen atoms in total. The van der Waals surface area contributed by atoms with Crippen molar-refractivity contribution < 1.29 is 0 Å². The van der Waals surface area contributed by atoms with E-state index < -0.39 is 0 Å². The minimum Gasteiger partial charge on any atom is -0.310 e. The third-order valence-corrected chi connectivity index (χ3v) is 13.2. The Morgan fingerprint density at radius 1 is 0.329 bits per heavy atom. The molecule has 12 rings (SSSR count). The van der Waals surface area contributed by atoms with Gasteiger partial charge in [0.2, 0.25) is 0 Å². The van der Waals surface area contributed by atoms with Crippen LogP contribution >= 0.6 is 0 Å². The van der Waals surface area contributed by atoms with Crippen LogP contribution in [0.4, 0.5) is 34.1 Å². The molecule has 0 bridgehead atoms. The predicted octanol–water partition coefficient (Wildman–Crippen LogP) is 16.9. The number of fused-ring (bicyclic) bond motifs is 3. The van der Waals surface area contributed by atoms with Gasteiger partial charge in [-0.25, -0.2) is 9.97 Å². The lowest BCUT2D eigenvalue weighted by molar-refractivity contribution is 1.18. The summed E-state index contributed by atoms with van der Waals surface area (Å²) in [6.45, 7) is 0. The first-order valence-electron chi connectivity index (χ1n) is 24.1. The zero-order valence-electron chi connectivity index (χ0n) is 39.5. The molecule has 0 saturated heterocycles. The van der Waals surface area contributed by atoms with E-state index in [1.165, 1.54) is 0 Å². The molecule has 0 radical (unpaired) electrons. The molecular formula is C66H43N7. The van der Waals surface area contributed by atoms with Crippen LogP contribution in [0.15, 0.2) is 261 Å². The molecule has 0 aliphatic carbocycles. The molecule has 0 atom stereocenters. The molecule has 7 heteroatoms. The number of para-hydroxylation sites is 4. The van der Waals surface area contributed by atoms with Gasteiger partial charge in [0.15, 0.2) is 5.82 Å². The lowest BCUT2D eigenvalue weighted by Gasteiger charge is -2.26. The van der Waals surface area contributed by atoms with E-state index in [9.17, 15) is 10.5 Å². The number of hydrogen-bond donors (Lipinski definition) is 0. The van der Waals surface area contributed by atoms with E-state index >= 15 is 0 Å². The first kappa shape index (κ1) is 43.9. The van der Waals surface area contributed by atoms with Crippen molar-refractivity contribution in [1.29, 1.82) is 10.5 Å². The molecule has 0 fully saturated rings. The highest BCUT2D eigenvalue weighted by molar-refractivity contribution is 6.12. The fourth-order valence-corrected chi connectivity index (χ4v) is 9.84. The molecule has 73 heavy (non-hydrogen) atoms. The Labute approximate surface area is 423 Å². The number of hydrogen-bond acceptors (Lipinski definition) is 6. The lowest BCUT2D eigenvalue weighted by atomic mass is 9.92. The van der Waals surface area contributed by atoms with Gasteiger partial charge < -0.3 is 14.4 Å². The quantitative estimate of drug-likeness (QED) is 0.128. The molecule has 0 saturated carbocycles. The zero-order chi connectivity index (χ0) is 49.1. The fraction of sp³-hybridized carbons (Fsp3) is 0. The van der Waals surface area contributed by atoms with Crippen molar-refractivity contribution >= 4 is 55.9 Å². The van der Waals surface area contributed by atoms with Crippen molar-refractivity contribution in [3.8, 4) is 62.9 Å². The van der Waals surface area contributed by atoms with E-state index in [-0.39, 0.29) is 0 Å². The van der Waals surface area contributed by atoms with Crippen molar-refractivity contribution in [3.63, 3.8) is 0 Å². The van der Waals surface area contributed by atoms with Gasteiger partial charge in [0, 0.05) is 72.8 Å². The standard InChI is InChI=1S/C66H43N7/c67-44-49-40-59(63-43-62(47-19-7-1-8-20-47)69-66(70-63)48-21-9-2-10-22-48)50(45-68)39-58(49)46-31-33-55(34-32-46)73-64-37-35-56(71(51-23-11-3-12-24-51)52-25-13-4-14-26-52)41-60(64)61-42-57(36-38-65(61)73)72(53-27-15-5-16-28-53)54-29-17-6-18-30-54/h1-43H. The van der Waals surface area contributed by atoms with Crippen molar-refractivity contribution in [3.05, 3.63) is 272 Å². The van der Waals surface area contributed by atoms with Crippen molar-refractivity contribution in [2.45, 2.75) is 0 Å². The highest BCUT2D eigenvalue weighted by atomic mass is 15.1. The number of anilines is 6. The van der Waals surface area contributed by atoms with Crippen LogP contribution in [0.5, 0.6) is 0 Å². The van der Waals surface area contributed by atoms with Gasteiger partial charge in [-0.05, 0) is 121 Å². The Balaban J connectivity index is 0.995. The average Bonchev–Trinajstić information content (AvgIpc) is 3.79. The number of nitrogens with zero attached hydrogens (tertiary/aromatic N) is 7. The lowest BCUT2D eigenvalue weighted by Crippen LogP contribution is -2.09. The van der Waals surface area contributed by atoms with Crippen LogP contribution in [-0.2, 0) is 0 Å². The molecule has 342 valence electrons. The van der Waals surface area contributed by atoms with Gasteiger partial charge >= 0.3 is 0 Å². The number of benzene rings is 10. The summed E-state index contributed by atoms with van der Waals surface area (Å²) in [5, 5.41) is 23.7. The van der Waals surface area contributed by atoms with E-state index in [2.05, 4.69) is 172 Å². The Bertz CT molecular complexity index is 3740. The van der Waals surface area contributed by atoms with Crippen molar-refractivity contribution in [2.24, 2.45) is 0 Å². The topological polar surface area (TPSA) is 84.8 Å². The van der Waals surface area contributed by atoms with E-state index in [1.54, 1.807) is 6.07 Å². The molecule has 12 aromatic rings. The second-order valence-corrected chi connectivity index (χ2v) is 17.7. The van der Waals surface area contributed by atoms with E-state index in [0.717, 1.165) is 84.0 Å². The van der Waals surface area contributed by atoms with E-state index in [4.69, 9.17) is 9.97 Å². The summed E-state index contributed by atoms with van der Waals surface area (Å²) in [6.07, 6.45) is 0. The largest absolute Gasteiger partial charge is 0.310 e. The zero-order valence-corrected chi connectivity index (χ0v) is 39.5. The summed E-state index contributed by atoms with van der Waals surface area (Å²) in [5.41, 5.74) is 15.3. The molecule has 0 amide bonds. The molecular weight excluding hydrogens is 891 g/mol. The van der Waals surface area contributed by atoms with Crippen LogP contribution in [0.25, 0.3) is 72.5 Å².